The SMILES string of the molecule is CCOc1ccc(C(=O)COC(=O)c2ccc(Cl)cc2Cl)cc1. The van der Waals surface area contributed by atoms with Crippen molar-refractivity contribution in [1.82, 2.24) is 0 Å². The van der Waals surface area contributed by atoms with Crippen molar-refractivity contribution in [1.29, 1.82) is 0 Å². The maximum absolute atomic E-state index is 12.0. The minimum atomic E-state index is -0.675. The first-order valence-electron chi connectivity index (χ1n) is 6.89. The molecule has 2 aromatic carbocycles. The molecule has 0 aliphatic heterocycles. The van der Waals surface area contributed by atoms with Gasteiger partial charge in [0.1, 0.15) is 5.75 Å². The zero-order valence-corrected chi connectivity index (χ0v) is 13.9. The highest BCUT2D eigenvalue weighted by atomic mass is 35.5. The highest BCUT2D eigenvalue weighted by molar-refractivity contribution is 6.36. The fraction of sp³-hybridized carbons (Fsp3) is 0.176. The van der Waals surface area contributed by atoms with Gasteiger partial charge in [-0.05, 0) is 49.4 Å². The molecule has 120 valence electrons. The molecule has 0 bridgehead atoms. The van der Waals surface area contributed by atoms with Gasteiger partial charge in [-0.3, -0.25) is 4.79 Å². The van der Waals surface area contributed by atoms with Crippen molar-refractivity contribution >= 4 is 35.0 Å². The summed E-state index contributed by atoms with van der Waals surface area (Å²) in [4.78, 5) is 23.9. The van der Waals surface area contributed by atoms with E-state index in [0.29, 0.717) is 22.9 Å². The minimum Gasteiger partial charge on any atom is -0.494 e. The van der Waals surface area contributed by atoms with E-state index in [1.54, 1.807) is 24.3 Å². The second kappa shape index (κ2) is 7.99. The first kappa shape index (κ1) is 17.3. The third kappa shape index (κ3) is 4.71. The van der Waals surface area contributed by atoms with Crippen molar-refractivity contribution < 1.29 is 19.1 Å². The zero-order valence-electron chi connectivity index (χ0n) is 12.3. The molecule has 0 unspecified atom stereocenters. The van der Waals surface area contributed by atoms with Crippen molar-refractivity contribution in [3.63, 3.8) is 0 Å². The molecule has 4 nitrogen and oxygen atoms in total. The van der Waals surface area contributed by atoms with Crippen LogP contribution >= 0.6 is 23.2 Å². The molecular formula is C17H14Cl2O4. The summed E-state index contributed by atoms with van der Waals surface area (Å²) >= 11 is 11.7. The molecule has 0 aliphatic rings. The van der Waals surface area contributed by atoms with E-state index in [4.69, 9.17) is 32.7 Å². The smallest absolute Gasteiger partial charge is 0.340 e. The lowest BCUT2D eigenvalue weighted by Crippen LogP contribution is -2.14. The minimum absolute atomic E-state index is 0.163. The van der Waals surface area contributed by atoms with Gasteiger partial charge < -0.3 is 9.47 Å². The van der Waals surface area contributed by atoms with Crippen LogP contribution in [0.5, 0.6) is 5.75 Å². The fourth-order valence-corrected chi connectivity index (χ4v) is 2.34. The number of ketones is 1. The second-order valence-electron chi connectivity index (χ2n) is 4.58. The van der Waals surface area contributed by atoms with Gasteiger partial charge in [0.25, 0.3) is 0 Å². The number of esters is 1. The van der Waals surface area contributed by atoms with E-state index < -0.39 is 5.97 Å². The molecule has 0 atom stereocenters. The normalized spacial score (nSPS) is 10.2. The number of hydrogen-bond donors (Lipinski definition) is 0. The number of benzene rings is 2. The predicted octanol–water partition coefficient (Wildman–Crippen LogP) is 4.43. The monoisotopic (exact) mass is 352 g/mol. The molecule has 0 heterocycles. The van der Waals surface area contributed by atoms with Crippen LogP contribution in [-0.2, 0) is 4.74 Å². The van der Waals surface area contributed by atoms with E-state index in [2.05, 4.69) is 0 Å². The Labute approximate surface area is 143 Å². The Bertz CT molecular complexity index is 711. The van der Waals surface area contributed by atoms with E-state index in [1.807, 2.05) is 6.92 Å². The van der Waals surface area contributed by atoms with Gasteiger partial charge in [0.15, 0.2) is 12.4 Å². The second-order valence-corrected chi connectivity index (χ2v) is 5.42. The Morgan fingerprint density at radius 1 is 1.04 bits per heavy atom. The van der Waals surface area contributed by atoms with Crippen LogP contribution in [0.25, 0.3) is 0 Å². The number of halogens is 2. The van der Waals surface area contributed by atoms with Gasteiger partial charge in [-0.15, -0.1) is 0 Å². The molecule has 0 saturated carbocycles. The van der Waals surface area contributed by atoms with Gasteiger partial charge in [-0.1, -0.05) is 23.2 Å². The van der Waals surface area contributed by atoms with Gasteiger partial charge in [0, 0.05) is 10.6 Å². The average molecular weight is 353 g/mol. The van der Waals surface area contributed by atoms with Crippen LogP contribution in [0.4, 0.5) is 0 Å². The maximum Gasteiger partial charge on any atom is 0.340 e. The van der Waals surface area contributed by atoms with Crippen LogP contribution in [0.2, 0.25) is 10.0 Å². The quantitative estimate of drug-likeness (QED) is 0.569. The molecule has 0 radical (unpaired) electrons. The number of carbonyl (C=O) groups is 2. The lowest BCUT2D eigenvalue weighted by atomic mass is 10.1. The number of hydrogen-bond acceptors (Lipinski definition) is 4. The van der Waals surface area contributed by atoms with Gasteiger partial charge in [-0.25, -0.2) is 4.79 Å². The summed E-state index contributed by atoms with van der Waals surface area (Å²) in [5.41, 5.74) is 0.596. The van der Waals surface area contributed by atoms with Crippen molar-refractivity contribution in [2.24, 2.45) is 0 Å². The number of ether oxygens (including phenoxy) is 2. The molecule has 2 rings (SSSR count). The summed E-state index contributed by atoms with van der Waals surface area (Å²) in [5.74, 6) is -0.313. The fourth-order valence-electron chi connectivity index (χ4n) is 1.85. The van der Waals surface area contributed by atoms with Crippen molar-refractivity contribution in [2.75, 3.05) is 13.2 Å². The van der Waals surface area contributed by atoms with E-state index in [-0.39, 0.29) is 23.0 Å². The molecular weight excluding hydrogens is 339 g/mol. The molecule has 0 amide bonds. The van der Waals surface area contributed by atoms with E-state index in [1.165, 1.54) is 18.2 Å². The predicted molar refractivity (Wildman–Crippen MR) is 88.7 cm³/mol. The highest BCUT2D eigenvalue weighted by Crippen LogP contribution is 2.21. The molecule has 6 heteroatoms. The Morgan fingerprint density at radius 2 is 1.74 bits per heavy atom. The van der Waals surface area contributed by atoms with E-state index >= 15 is 0 Å². The maximum atomic E-state index is 12.0. The van der Waals surface area contributed by atoms with Crippen molar-refractivity contribution in [3.8, 4) is 5.75 Å². The average Bonchev–Trinajstić information content (AvgIpc) is 2.53. The van der Waals surface area contributed by atoms with Crippen LogP contribution in [0.3, 0.4) is 0 Å². The largest absolute Gasteiger partial charge is 0.494 e. The van der Waals surface area contributed by atoms with Crippen LogP contribution < -0.4 is 4.74 Å². The molecule has 0 fully saturated rings. The Kier molecular flexibility index (Phi) is 6.02. The molecule has 0 aromatic heterocycles. The van der Waals surface area contributed by atoms with E-state index in [0.717, 1.165) is 0 Å². The Hall–Kier alpha value is -2.04. The highest BCUT2D eigenvalue weighted by Gasteiger charge is 2.15. The Balaban J connectivity index is 1.96. The summed E-state index contributed by atoms with van der Waals surface area (Å²) in [7, 11) is 0. The van der Waals surface area contributed by atoms with E-state index in [9.17, 15) is 9.59 Å². The van der Waals surface area contributed by atoms with Crippen LogP contribution in [0, 0.1) is 0 Å². The van der Waals surface area contributed by atoms with Gasteiger partial charge in [-0.2, -0.15) is 0 Å². The summed E-state index contributed by atoms with van der Waals surface area (Å²) in [6.07, 6.45) is 0. The number of carbonyl (C=O) groups excluding carboxylic acids is 2. The van der Waals surface area contributed by atoms with Crippen LogP contribution in [0.15, 0.2) is 42.5 Å². The zero-order chi connectivity index (χ0) is 16.8. The number of rotatable bonds is 6. The van der Waals surface area contributed by atoms with Crippen LogP contribution in [0.1, 0.15) is 27.6 Å². The lowest BCUT2D eigenvalue weighted by molar-refractivity contribution is 0.0475. The molecule has 23 heavy (non-hydrogen) atoms. The Morgan fingerprint density at radius 3 is 2.35 bits per heavy atom. The first-order chi connectivity index (χ1) is 11.0. The third-order valence-corrected chi connectivity index (χ3v) is 3.52. The lowest BCUT2D eigenvalue weighted by Gasteiger charge is -2.07. The first-order valence-corrected chi connectivity index (χ1v) is 7.65. The molecule has 0 aliphatic carbocycles. The topological polar surface area (TPSA) is 52.6 Å². The molecule has 0 N–H and O–H groups in total. The van der Waals surface area contributed by atoms with Gasteiger partial charge >= 0.3 is 5.97 Å². The molecule has 0 spiro atoms. The molecule has 0 saturated heterocycles. The summed E-state index contributed by atoms with van der Waals surface area (Å²) in [5, 5.41) is 0.591. The van der Waals surface area contributed by atoms with Gasteiger partial charge in [0.05, 0.1) is 17.2 Å². The third-order valence-electron chi connectivity index (χ3n) is 2.97. The van der Waals surface area contributed by atoms with Crippen molar-refractivity contribution in [2.45, 2.75) is 6.92 Å². The summed E-state index contributed by atoms with van der Waals surface area (Å²) < 4.78 is 10.3. The molecule has 2 aromatic rings. The van der Waals surface area contributed by atoms with Gasteiger partial charge in [0.2, 0.25) is 0 Å². The summed E-state index contributed by atoms with van der Waals surface area (Å²) in [6, 6.07) is 11.0. The van der Waals surface area contributed by atoms with Crippen molar-refractivity contribution in [3.05, 3.63) is 63.6 Å². The van der Waals surface area contributed by atoms with Crippen LogP contribution in [-0.4, -0.2) is 25.0 Å². The summed E-state index contributed by atoms with van der Waals surface area (Å²) in [6.45, 7) is 2.05. The number of Topliss-reactive ketones (excluding diaryl/α,β-unsaturated/α-hetero) is 1. The standard InChI is InChI=1S/C17H14Cl2O4/c1-2-22-13-6-3-11(4-7-13)16(20)10-23-17(21)14-8-5-12(18)9-15(14)19/h3-9H,2,10H2,1H3.